The van der Waals surface area contributed by atoms with Crippen LogP contribution in [0.3, 0.4) is 0 Å². The van der Waals surface area contributed by atoms with Gasteiger partial charge in [-0.3, -0.25) is 0 Å². The van der Waals surface area contributed by atoms with Crippen LogP contribution in [0.15, 0.2) is 30.3 Å². The highest BCUT2D eigenvalue weighted by Gasteiger charge is 2.13. The van der Waals surface area contributed by atoms with E-state index in [4.69, 9.17) is 14.2 Å². The first-order chi connectivity index (χ1) is 12.5. The fraction of sp³-hybridized carbons (Fsp3) is 0.368. The molecule has 4 N–H and O–H groups in total. The maximum Gasteiger partial charge on any atom is 0.203 e. The van der Waals surface area contributed by atoms with Gasteiger partial charge in [-0.15, -0.1) is 0 Å². The fourth-order valence-electron chi connectivity index (χ4n) is 2.68. The van der Waals surface area contributed by atoms with E-state index in [2.05, 4.69) is 5.32 Å². The van der Waals surface area contributed by atoms with E-state index in [1.54, 1.807) is 21.3 Å². The Morgan fingerprint density at radius 3 is 1.96 bits per heavy atom. The molecule has 0 saturated carbocycles. The highest BCUT2D eigenvalue weighted by molar-refractivity contribution is 5.53. The summed E-state index contributed by atoms with van der Waals surface area (Å²) in [5, 5.41) is 32.3. The SMILES string of the molecule is COc1cc(CCNC[C@H](O)c2cc(O)cc(O)c2)cc(OC)c1OC. The predicted molar refractivity (Wildman–Crippen MR) is 97.4 cm³/mol. The van der Waals surface area contributed by atoms with Crippen molar-refractivity contribution in [3.05, 3.63) is 41.5 Å². The van der Waals surface area contributed by atoms with Gasteiger partial charge in [0.2, 0.25) is 5.75 Å². The molecular weight excluding hydrogens is 338 g/mol. The quantitative estimate of drug-likeness (QED) is 0.506. The van der Waals surface area contributed by atoms with Gasteiger partial charge in [-0.25, -0.2) is 0 Å². The van der Waals surface area contributed by atoms with Crippen molar-refractivity contribution in [2.75, 3.05) is 34.4 Å². The van der Waals surface area contributed by atoms with Gasteiger partial charge >= 0.3 is 0 Å². The second-order valence-corrected chi connectivity index (χ2v) is 5.79. The van der Waals surface area contributed by atoms with Gasteiger partial charge in [0.15, 0.2) is 11.5 Å². The first-order valence-electron chi connectivity index (χ1n) is 8.19. The van der Waals surface area contributed by atoms with Gasteiger partial charge in [0, 0.05) is 12.6 Å². The lowest BCUT2D eigenvalue weighted by Gasteiger charge is -2.15. The Labute approximate surface area is 152 Å². The van der Waals surface area contributed by atoms with Crippen molar-refractivity contribution in [1.82, 2.24) is 5.32 Å². The number of hydrogen-bond donors (Lipinski definition) is 4. The molecule has 0 aromatic heterocycles. The number of hydrogen-bond acceptors (Lipinski definition) is 7. The van der Waals surface area contributed by atoms with Gasteiger partial charge in [0.25, 0.3) is 0 Å². The fourth-order valence-corrected chi connectivity index (χ4v) is 2.68. The zero-order valence-corrected chi connectivity index (χ0v) is 15.2. The highest BCUT2D eigenvalue weighted by Crippen LogP contribution is 2.38. The number of aliphatic hydroxyl groups excluding tert-OH is 1. The summed E-state index contributed by atoms with van der Waals surface area (Å²) in [7, 11) is 4.70. The zero-order valence-electron chi connectivity index (χ0n) is 15.2. The molecule has 0 unspecified atom stereocenters. The zero-order chi connectivity index (χ0) is 19.1. The smallest absolute Gasteiger partial charge is 0.203 e. The minimum atomic E-state index is -0.840. The molecule has 26 heavy (non-hydrogen) atoms. The lowest BCUT2D eigenvalue weighted by molar-refractivity contribution is 0.174. The first-order valence-corrected chi connectivity index (χ1v) is 8.19. The summed E-state index contributed by atoms with van der Waals surface area (Å²) in [5.41, 5.74) is 1.44. The molecule has 0 aliphatic carbocycles. The molecular formula is C19H25NO6. The van der Waals surface area contributed by atoms with Crippen LogP contribution in [0.1, 0.15) is 17.2 Å². The van der Waals surface area contributed by atoms with Gasteiger partial charge < -0.3 is 34.8 Å². The van der Waals surface area contributed by atoms with Gasteiger partial charge in [0.1, 0.15) is 11.5 Å². The molecule has 7 nitrogen and oxygen atoms in total. The third kappa shape index (κ3) is 4.93. The van der Waals surface area contributed by atoms with E-state index in [-0.39, 0.29) is 18.0 Å². The van der Waals surface area contributed by atoms with Crippen molar-refractivity contribution in [2.24, 2.45) is 0 Å². The Bertz CT molecular complexity index is 689. The van der Waals surface area contributed by atoms with E-state index in [0.29, 0.717) is 35.8 Å². The largest absolute Gasteiger partial charge is 0.508 e. The molecule has 2 aromatic rings. The lowest BCUT2D eigenvalue weighted by atomic mass is 10.1. The number of phenols is 2. The van der Waals surface area contributed by atoms with Gasteiger partial charge in [-0.05, 0) is 48.4 Å². The number of phenolic OH excluding ortho intramolecular Hbond substituents is 2. The molecule has 1 atom stereocenters. The van der Waals surface area contributed by atoms with Crippen molar-refractivity contribution < 1.29 is 29.5 Å². The maximum absolute atomic E-state index is 10.2. The Balaban J connectivity index is 1.93. The summed E-state index contributed by atoms with van der Waals surface area (Å²) in [5.74, 6) is 1.56. The van der Waals surface area contributed by atoms with Gasteiger partial charge in [0.05, 0.1) is 27.4 Å². The Morgan fingerprint density at radius 2 is 1.46 bits per heavy atom. The molecule has 0 amide bonds. The van der Waals surface area contributed by atoms with Crippen LogP contribution < -0.4 is 19.5 Å². The molecule has 0 aliphatic heterocycles. The summed E-state index contributed by atoms with van der Waals surface area (Å²) >= 11 is 0. The van der Waals surface area contributed by atoms with Crippen LogP contribution in [-0.4, -0.2) is 49.7 Å². The average Bonchev–Trinajstić information content (AvgIpc) is 2.63. The molecule has 0 fully saturated rings. The van der Waals surface area contributed by atoms with Crippen LogP contribution in [0.5, 0.6) is 28.7 Å². The highest BCUT2D eigenvalue weighted by atomic mass is 16.5. The topological polar surface area (TPSA) is 100 Å². The molecule has 2 rings (SSSR count). The number of benzene rings is 2. The first kappa shape index (κ1) is 19.7. The molecule has 0 bridgehead atoms. The summed E-state index contributed by atoms with van der Waals surface area (Å²) in [6.07, 6.45) is -0.151. The minimum absolute atomic E-state index is 0.0866. The lowest BCUT2D eigenvalue weighted by Crippen LogP contribution is -2.23. The number of ether oxygens (including phenoxy) is 3. The summed E-state index contributed by atoms with van der Waals surface area (Å²) in [6, 6.07) is 7.82. The second kappa shape index (κ2) is 9.17. The van der Waals surface area contributed by atoms with E-state index in [1.807, 2.05) is 12.1 Å². The molecule has 0 saturated heterocycles. The molecule has 7 heteroatoms. The molecule has 142 valence electrons. The maximum atomic E-state index is 10.2. The minimum Gasteiger partial charge on any atom is -0.508 e. The van der Waals surface area contributed by atoms with Crippen LogP contribution in [0.25, 0.3) is 0 Å². The number of methoxy groups -OCH3 is 3. The Kier molecular flexibility index (Phi) is 6.94. The van der Waals surface area contributed by atoms with Crippen molar-refractivity contribution in [2.45, 2.75) is 12.5 Å². The van der Waals surface area contributed by atoms with Crippen LogP contribution in [0, 0.1) is 0 Å². The molecule has 0 radical (unpaired) electrons. The standard InChI is InChI=1S/C19H25NO6/c1-24-17-6-12(7-18(25-2)19(17)26-3)4-5-20-11-16(23)13-8-14(21)10-15(22)9-13/h6-10,16,20-23H,4-5,11H2,1-3H3/t16-/m0/s1. The number of rotatable bonds is 9. The second-order valence-electron chi connectivity index (χ2n) is 5.79. The van der Waals surface area contributed by atoms with Crippen molar-refractivity contribution in [3.63, 3.8) is 0 Å². The molecule has 2 aromatic carbocycles. The summed E-state index contributed by atoms with van der Waals surface area (Å²) in [6.45, 7) is 0.897. The van der Waals surface area contributed by atoms with Crippen LogP contribution in [-0.2, 0) is 6.42 Å². The number of aliphatic hydroxyl groups is 1. The normalized spacial score (nSPS) is 11.8. The van der Waals surface area contributed by atoms with Crippen LogP contribution >= 0.6 is 0 Å². The Morgan fingerprint density at radius 1 is 0.885 bits per heavy atom. The van der Waals surface area contributed by atoms with Crippen molar-refractivity contribution in [1.29, 1.82) is 0 Å². The van der Waals surface area contributed by atoms with E-state index < -0.39 is 6.10 Å². The van der Waals surface area contributed by atoms with E-state index >= 15 is 0 Å². The predicted octanol–water partition coefficient (Wildman–Crippen LogP) is 1.99. The summed E-state index contributed by atoms with van der Waals surface area (Å²) in [4.78, 5) is 0. The van der Waals surface area contributed by atoms with Crippen molar-refractivity contribution in [3.8, 4) is 28.7 Å². The molecule has 0 aliphatic rings. The molecule has 0 spiro atoms. The van der Waals surface area contributed by atoms with Gasteiger partial charge in [-0.2, -0.15) is 0 Å². The average molecular weight is 363 g/mol. The number of aromatic hydroxyl groups is 2. The van der Waals surface area contributed by atoms with Gasteiger partial charge in [-0.1, -0.05) is 0 Å². The van der Waals surface area contributed by atoms with E-state index in [0.717, 1.165) is 5.56 Å². The Hall–Kier alpha value is -2.64. The monoisotopic (exact) mass is 363 g/mol. The van der Waals surface area contributed by atoms with E-state index in [1.165, 1.54) is 18.2 Å². The third-order valence-electron chi connectivity index (χ3n) is 3.96. The number of nitrogens with one attached hydrogen (secondary N) is 1. The van der Waals surface area contributed by atoms with E-state index in [9.17, 15) is 15.3 Å². The van der Waals surface area contributed by atoms with Crippen LogP contribution in [0.4, 0.5) is 0 Å². The molecule has 0 heterocycles. The summed E-state index contributed by atoms with van der Waals surface area (Å²) < 4.78 is 16.0. The van der Waals surface area contributed by atoms with Crippen LogP contribution in [0.2, 0.25) is 0 Å². The van der Waals surface area contributed by atoms with Crippen molar-refractivity contribution >= 4 is 0 Å². The third-order valence-corrected chi connectivity index (χ3v) is 3.96.